The highest BCUT2D eigenvalue weighted by Gasteiger charge is 2.30. The highest BCUT2D eigenvalue weighted by atomic mass is 17.2. The number of Topliss-reactive ketones (excluding diaryl/α,β-unsaturated/α-hetero) is 1. The third-order valence-electron chi connectivity index (χ3n) is 9.14. The number of esters is 1. The molecule has 1 aliphatic rings. The maximum Gasteiger partial charge on any atom is 0.338 e. The molecule has 0 bridgehead atoms. The van der Waals surface area contributed by atoms with Crippen LogP contribution in [0.1, 0.15) is 80.9 Å². The summed E-state index contributed by atoms with van der Waals surface area (Å²) in [4.78, 5) is 36.6. The number of fused-ring (bicyclic) bond motifs is 1. The molecule has 0 spiro atoms. The van der Waals surface area contributed by atoms with E-state index in [4.69, 9.17) is 28.7 Å². The Hall–Kier alpha value is -5.80. The van der Waals surface area contributed by atoms with Crippen LogP contribution in [0.3, 0.4) is 0 Å². The van der Waals surface area contributed by atoms with Crippen molar-refractivity contribution < 1.29 is 38.3 Å². The number of unbranched alkanes of at least 4 members (excludes halogenated alkanes) is 3. The number of benzene rings is 5. The zero-order valence-electron chi connectivity index (χ0n) is 30.8. The Bertz CT molecular complexity index is 1990. The fraction of sp³-hybridized carbons (Fsp3) is 0.234. The van der Waals surface area contributed by atoms with Crippen LogP contribution in [0, 0.1) is 0 Å². The predicted octanol–water partition coefficient (Wildman–Crippen LogP) is 10.3. The van der Waals surface area contributed by atoms with Crippen LogP contribution in [-0.4, -0.2) is 38.4 Å². The summed E-state index contributed by atoms with van der Waals surface area (Å²) in [5, 5.41) is 0. The summed E-state index contributed by atoms with van der Waals surface area (Å²) in [6.07, 6.45) is 6.60. The van der Waals surface area contributed by atoms with E-state index in [1.807, 2.05) is 127 Å². The lowest BCUT2D eigenvalue weighted by Crippen LogP contribution is -2.22. The molecule has 0 aliphatic heterocycles. The van der Waals surface area contributed by atoms with Gasteiger partial charge in [0.25, 0.3) is 0 Å². The van der Waals surface area contributed by atoms with Gasteiger partial charge in [-0.2, -0.15) is 0 Å². The molecular formula is C47H46O8. The fourth-order valence-corrected chi connectivity index (χ4v) is 6.29. The first-order valence-electron chi connectivity index (χ1n) is 18.7. The van der Waals surface area contributed by atoms with E-state index in [1.165, 1.54) is 0 Å². The van der Waals surface area contributed by atoms with Crippen molar-refractivity contribution in [2.24, 2.45) is 0 Å². The Morgan fingerprint density at radius 3 is 1.95 bits per heavy atom. The monoisotopic (exact) mass is 738 g/mol. The van der Waals surface area contributed by atoms with Gasteiger partial charge in [0.2, 0.25) is 0 Å². The molecular weight excluding hydrogens is 693 g/mol. The predicted molar refractivity (Wildman–Crippen MR) is 212 cm³/mol. The van der Waals surface area contributed by atoms with Gasteiger partial charge < -0.3 is 18.9 Å². The normalized spacial score (nSPS) is 13.9. The molecule has 8 heteroatoms. The van der Waals surface area contributed by atoms with Gasteiger partial charge in [-0.25, -0.2) is 14.6 Å². The van der Waals surface area contributed by atoms with Gasteiger partial charge in [-0.3, -0.25) is 4.79 Å². The van der Waals surface area contributed by atoms with Gasteiger partial charge in [-0.1, -0.05) is 110 Å². The van der Waals surface area contributed by atoms with Gasteiger partial charge in [0, 0.05) is 17.6 Å². The molecule has 2 atom stereocenters. The standard InChI is InChI=1S/C47H46O8/c1-2-29-53-54-31-14-4-3-13-30-50-41-25-27-42(28-26-41)51-34-52-45(36-15-7-5-8-16-36)46(37-17-9-6-10-18-37)55-47(49)38-23-21-35(22-24-38)32-40-33-39-19-11-12-20-43(39)44(40)48/h2,5-12,15-28,32,45-46H,1,3-4,13-14,29-31,33-34H2/b40-32-/t45-,46?/m0/s1. The Morgan fingerprint density at radius 2 is 1.27 bits per heavy atom. The number of allylic oxidation sites excluding steroid dienone is 1. The molecule has 0 N–H and O–H groups in total. The molecule has 0 amide bonds. The van der Waals surface area contributed by atoms with E-state index >= 15 is 0 Å². The average Bonchev–Trinajstić information content (AvgIpc) is 3.55. The number of ketones is 1. The highest BCUT2D eigenvalue weighted by Crippen LogP contribution is 2.36. The molecule has 0 saturated carbocycles. The van der Waals surface area contributed by atoms with Crippen LogP contribution in [0.2, 0.25) is 0 Å². The van der Waals surface area contributed by atoms with Crippen LogP contribution in [0.15, 0.2) is 152 Å². The van der Waals surface area contributed by atoms with Crippen LogP contribution in [0.5, 0.6) is 11.5 Å². The topological polar surface area (TPSA) is 89.5 Å². The van der Waals surface area contributed by atoms with Crippen LogP contribution in [0.25, 0.3) is 6.08 Å². The largest absolute Gasteiger partial charge is 0.494 e. The average molecular weight is 739 g/mol. The van der Waals surface area contributed by atoms with Crippen molar-refractivity contribution in [3.05, 3.63) is 185 Å². The molecule has 55 heavy (non-hydrogen) atoms. The minimum absolute atomic E-state index is 0.0401. The number of carbonyl (C=O) groups is 2. The zero-order valence-corrected chi connectivity index (χ0v) is 30.8. The highest BCUT2D eigenvalue weighted by molar-refractivity contribution is 6.15. The second-order valence-corrected chi connectivity index (χ2v) is 13.1. The molecule has 8 nitrogen and oxygen atoms in total. The summed E-state index contributed by atoms with van der Waals surface area (Å²) in [6.45, 7) is 5.08. The summed E-state index contributed by atoms with van der Waals surface area (Å²) in [5.41, 5.74) is 5.32. The van der Waals surface area contributed by atoms with Crippen molar-refractivity contribution in [1.82, 2.24) is 0 Å². The zero-order chi connectivity index (χ0) is 38.1. The van der Waals surface area contributed by atoms with E-state index in [1.54, 1.807) is 18.2 Å². The summed E-state index contributed by atoms with van der Waals surface area (Å²) in [5.74, 6) is 0.916. The van der Waals surface area contributed by atoms with E-state index in [-0.39, 0.29) is 12.6 Å². The number of hydrogen-bond acceptors (Lipinski definition) is 8. The molecule has 0 radical (unpaired) electrons. The smallest absolute Gasteiger partial charge is 0.338 e. The molecule has 1 aliphatic carbocycles. The molecule has 0 aromatic heterocycles. The SMILES string of the molecule is C=CCOOCCCCCCOc1ccc(OCO[C@@H](c2ccccc2)C(OC(=O)c2ccc(/C=C3/Cc4ccccc4C3=O)cc2)c2ccccc2)cc1. The first kappa shape index (κ1) is 38.9. The van der Waals surface area contributed by atoms with Crippen LogP contribution in [0.4, 0.5) is 0 Å². The van der Waals surface area contributed by atoms with Crippen molar-refractivity contribution in [3.63, 3.8) is 0 Å². The molecule has 5 aromatic rings. The van der Waals surface area contributed by atoms with Crippen molar-refractivity contribution in [2.75, 3.05) is 26.6 Å². The van der Waals surface area contributed by atoms with Crippen LogP contribution >= 0.6 is 0 Å². The Kier molecular flexibility index (Phi) is 14.6. The summed E-state index contributed by atoms with van der Waals surface area (Å²) in [7, 11) is 0. The van der Waals surface area contributed by atoms with Crippen molar-refractivity contribution in [3.8, 4) is 11.5 Å². The lowest BCUT2D eigenvalue weighted by atomic mass is 9.97. The van der Waals surface area contributed by atoms with E-state index in [0.29, 0.717) is 37.6 Å². The molecule has 0 fully saturated rings. The second-order valence-electron chi connectivity index (χ2n) is 13.1. The quantitative estimate of drug-likeness (QED) is 0.0140. The summed E-state index contributed by atoms with van der Waals surface area (Å²) < 4.78 is 24.6. The van der Waals surface area contributed by atoms with Gasteiger partial charge in [0.15, 0.2) is 18.7 Å². The maximum absolute atomic E-state index is 13.7. The lowest BCUT2D eigenvalue weighted by molar-refractivity contribution is -0.286. The molecule has 5 aromatic carbocycles. The molecule has 282 valence electrons. The molecule has 1 unspecified atom stereocenters. The first-order chi connectivity index (χ1) is 27.1. The van der Waals surface area contributed by atoms with Crippen molar-refractivity contribution in [2.45, 2.75) is 44.3 Å². The third-order valence-corrected chi connectivity index (χ3v) is 9.14. The number of ether oxygens (including phenoxy) is 4. The number of rotatable bonds is 21. The maximum atomic E-state index is 13.7. The fourth-order valence-electron chi connectivity index (χ4n) is 6.29. The Morgan fingerprint density at radius 1 is 0.655 bits per heavy atom. The summed E-state index contributed by atoms with van der Waals surface area (Å²) >= 11 is 0. The summed E-state index contributed by atoms with van der Waals surface area (Å²) in [6, 6.07) is 41.4. The minimum Gasteiger partial charge on any atom is -0.494 e. The van der Waals surface area contributed by atoms with Crippen molar-refractivity contribution >= 4 is 17.8 Å². The molecule has 0 heterocycles. The van der Waals surface area contributed by atoms with E-state index in [2.05, 4.69) is 6.58 Å². The van der Waals surface area contributed by atoms with Crippen LogP contribution in [-0.2, 0) is 25.7 Å². The van der Waals surface area contributed by atoms with Gasteiger partial charge in [-0.05, 0) is 84.0 Å². The lowest BCUT2D eigenvalue weighted by Gasteiger charge is -2.28. The Labute approximate surface area is 322 Å². The van der Waals surface area contributed by atoms with Gasteiger partial charge in [0.1, 0.15) is 24.2 Å². The van der Waals surface area contributed by atoms with Crippen LogP contribution < -0.4 is 9.47 Å². The minimum atomic E-state index is -0.787. The van der Waals surface area contributed by atoms with E-state index in [0.717, 1.165) is 64.8 Å². The molecule has 0 saturated heterocycles. The van der Waals surface area contributed by atoms with Gasteiger partial charge in [0.05, 0.1) is 18.8 Å². The van der Waals surface area contributed by atoms with Gasteiger partial charge >= 0.3 is 5.97 Å². The number of carbonyl (C=O) groups excluding carboxylic acids is 2. The second kappa shape index (κ2) is 20.6. The van der Waals surface area contributed by atoms with Gasteiger partial charge in [-0.15, -0.1) is 6.58 Å². The van der Waals surface area contributed by atoms with Crippen molar-refractivity contribution in [1.29, 1.82) is 0 Å². The Balaban J connectivity index is 1.06. The number of hydrogen-bond donors (Lipinski definition) is 0. The molecule has 6 rings (SSSR count). The van der Waals surface area contributed by atoms with E-state index < -0.39 is 18.2 Å². The third kappa shape index (κ3) is 11.4. The van der Waals surface area contributed by atoms with E-state index in [9.17, 15) is 9.59 Å². The first-order valence-corrected chi connectivity index (χ1v) is 18.7.